The van der Waals surface area contributed by atoms with Crippen LogP contribution in [0.2, 0.25) is 0 Å². The summed E-state index contributed by atoms with van der Waals surface area (Å²) in [5.74, 6) is 1.02. The molecule has 1 aliphatic heterocycles. The first kappa shape index (κ1) is 17.2. The number of aryl methyl sites for hydroxylation is 1. The van der Waals surface area contributed by atoms with E-state index >= 15 is 0 Å². The first-order chi connectivity index (χ1) is 11.9. The van der Waals surface area contributed by atoms with Gasteiger partial charge in [0.25, 0.3) is 0 Å². The van der Waals surface area contributed by atoms with Gasteiger partial charge in [-0.1, -0.05) is 0 Å². The van der Waals surface area contributed by atoms with Gasteiger partial charge in [-0.2, -0.15) is 9.57 Å². The monoisotopic (exact) mass is 359 g/mol. The zero-order chi connectivity index (χ0) is 18.0. The molecule has 0 amide bonds. The summed E-state index contributed by atoms with van der Waals surface area (Å²) in [7, 11) is -2.00. The molecule has 0 saturated carbocycles. The summed E-state index contributed by atoms with van der Waals surface area (Å²) in [5, 5.41) is 8.74. The van der Waals surface area contributed by atoms with Crippen LogP contribution in [0.25, 0.3) is 0 Å². The zero-order valence-electron chi connectivity index (χ0n) is 13.8. The summed E-state index contributed by atoms with van der Waals surface area (Å²) >= 11 is 0. The third-order valence-corrected chi connectivity index (χ3v) is 5.80. The van der Waals surface area contributed by atoms with Crippen LogP contribution in [0.3, 0.4) is 0 Å². The fraction of sp³-hybridized carbons (Fsp3) is 0.294. The summed E-state index contributed by atoms with van der Waals surface area (Å²) in [4.78, 5) is 4.26. The molecule has 0 atom stereocenters. The van der Waals surface area contributed by atoms with Crippen molar-refractivity contribution in [1.29, 1.82) is 5.26 Å². The highest BCUT2D eigenvalue weighted by Crippen LogP contribution is 2.27. The number of nitrogens with zero attached hydrogens (tertiary/aromatic N) is 3. The first-order valence-electron chi connectivity index (χ1n) is 7.61. The van der Waals surface area contributed by atoms with E-state index in [-0.39, 0.29) is 24.1 Å². The van der Waals surface area contributed by atoms with Crippen LogP contribution in [0.15, 0.2) is 41.4 Å². The molecule has 1 aromatic carbocycles. The number of ether oxygens (including phenoxy) is 2. The fourth-order valence-corrected chi connectivity index (χ4v) is 4.11. The number of nitriles is 1. The Morgan fingerprint density at radius 1 is 1.28 bits per heavy atom. The Morgan fingerprint density at radius 2 is 2.04 bits per heavy atom. The molecule has 0 spiro atoms. The van der Waals surface area contributed by atoms with Crippen LogP contribution in [-0.2, 0) is 10.0 Å². The van der Waals surface area contributed by atoms with E-state index < -0.39 is 10.0 Å². The fourth-order valence-electron chi connectivity index (χ4n) is 2.52. The van der Waals surface area contributed by atoms with Crippen molar-refractivity contribution < 1.29 is 17.9 Å². The van der Waals surface area contributed by atoms with Crippen molar-refractivity contribution in [1.82, 2.24) is 9.29 Å². The molecule has 25 heavy (non-hydrogen) atoms. The van der Waals surface area contributed by atoms with E-state index in [4.69, 9.17) is 14.7 Å². The van der Waals surface area contributed by atoms with Crippen LogP contribution < -0.4 is 9.47 Å². The van der Waals surface area contributed by atoms with Gasteiger partial charge in [0.15, 0.2) is 0 Å². The number of methoxy groups -OCH3 is 1. The van der Waals surface area contributed by atoms with Gasteiger partial charge in [-0.3, -0.25) is 0 Å². The standard InChI is InChI=1S/C17H17N3O4S/c1-12-7-15(4-5-16(12)23-2)25(21,22)20-10-14(11-20)24-17-6-3-13(8-18)9-19-17/h3-7,9,14H,10-11H2,1-2H3. The Balaban J connectivity index is 1.64. The highest BCUT2D eigenvalue weighted by Gasteiger charge is 2.38. The topological polar surface area (TPSA) is 92.5 Å². The zero-order valence-corrected chi connectivity index (χ0v) is 14.7. The highest BCUT2D eigenvalue weighted by molar-refractivity contribution is 7.89. The molecule has 7 nitrogen and oxygen atoms in total. The summed E-state index contributed by atoms with van der Waals surface area (Å²) in [6, 6.07) is 9.98. The Labute approximate surface area is 146 Å². The minimum Gasteiger partial charge on any atom is -0.496 e. The van der Waals surface area contributed by atoms with Gasteiger partial charge in [-0.05, 0) is 36.8 Å². The molecular weight excluding hydrogens is 342 g/mol. The first-order valence-corrected chi connectivity index (χ1v) is 9.05. The summed E-state index contributed by atoms with van der Waals surface area (Å²) in [6.45, 7) is 2.32. The van der Waals surface area contributed by atoms with Gasteiger partial charge in [-0.25, -0.2) is 13.4 Å². The van der Waals surface area contributed by atoms with Crippen molar-refractivity contribution in [3.05, 3.63) is 47.7 Å². The maximum Gasteiger partial charge on any atom is 0.243 e. The van der Waals surface area contributed by atoms with Crippen molar-refractivity contribution >= 4 is 10.0 Å². The van der Waals surface area contributed by atoms with Gasteiger partial charge >= 0.3 is 0 Å². The highest BCUT2D eigenvalue weighted by atomic mass is 32.2. The molecule has 1 fully saturated rings. The minimum absolute atomic E-state index is 0.237. The van der Waals surface area contributed by atoms with E-state index in [1.165, 1.54) is 16.6 Å². The number of sulfonamides is 1. The van der Waals surface area contributed by atoms with Crippen molar-refractivity contribution in [3.8, 4) is 17.7 Å². The molecule has 0 unspecified atom stereocenters. The molecule has 0 radical (unpaired) electrons. The molecule has 130 valence electrons. The second-order valence-electron chi connectivity index (χ2n) is 5.69. The van der Waals surface area contributed by atoms with Crippen molar-refractivity contribution in [2.24, 2.45) is 0 Å². The quantitative estimate of drug-likeness (QED) is 0.807. The van der Waals surface area contributed by atoms with E-state index in [0.717, 1.165) is 5.56 Å². The van der Waals surface area contributed by atoms with Crippen LogP contribution in [-0.4, -0.2) is 44.0 Å². The predicted octanol–water partition coefficient (Wildman–Crippen LogP) is 1.72. The second-order valence-corrected chi connectivity index (χ2v) is 7.63. The lowest BCUT2D eigenvalue weighted by atomic mass is 10.2. The Morgan fingerprint density at radius 3 is 2.60 bits per heavy atom. The Hall–Kier alpha value is -2.63. The predicted molar refractivity (Wildman–Crippen MR) is 89.9 cm³/mol. The average molecular weight is 359 g/mol. The van der Waals surface area contributed by atoms with Crippen LogP contribution in [0.1, 0.15) is 11.1 Å². The molecule has 0 bridgehead atoms. The van der Waals surface area contributed by atoms with Crippen LogP contribution in [0.4, 0.5) is 0 Å². The lowest BCUT2D eigenvalue weighted by Gasteiger charge is -2.37. The second kappa shape index (κ2) is 6.70. The molecule has 1 aromatic heterocycles. The number of aromatic nitrogens is 1. The average Bonchev–Trinajstić information content (AvgIpc) is 2.58. The van der Waals surface area contributed by atoms with Gasteiger partial charge in [0.1, 0.15) is 17.9 Å². The normalized spacial score (nSPS) is 15.2. The van der Waals surface area contributed by atoms with Crippen molar-refractivity contribution in [2.45, 2.75) is 17.9 Å². The van der Waals surface area contributed by atoms with E-state index in [9.17, 15) is 8.42 Å². The Kier molecular flexibility index (Phi) is 4.61. The number of benzene rings is 1. The molecule has 2 aromatic rings. The van der Waals surface area contributed by atoms with Crippen LogP contribution in [0, 0.1) is 18.3 Å². The van der Waals surface area contributed by atoms with Gasteiger partial charge < -0.3 is 9.47 Å². The molecule has 0 N–H and O–H groups in total. The number of hydrogen-bond acceptors (Lipinski definition) is 6. The summed E-state index contributed by atoms with van der Waals surface area (Å²) in [6.07, 6.45) is 1.16. The maximum atomic E-state index is 12.6. The molecule has 1 aliphatic rings. The van der Waals surface area contributed by atoms with Gasteiger partial charge in [0.05, 0.1) is 30.7 Å². The largest absolute Gasteiger partial charge is 0.496 e. The number of hydrogen-bond donors (Lipinski definition) is 0. The van der Waals surface area contributed by atoms with E-state index in [2.05, 4.69) is 4.98 Å². The van der Waals surface area contributed by atoms with Crippen LogP contribution >= 0.6 is 0 Å². The molecule has 3 rings (SSSR count). The molecule has 1 saturated heterocycles. The minimum atomic E-state index is -3.55. The van der Waals surface area contributed by atoms with Gasteiger partial charge in [0.2, 0.25) is 15.9 Å². The lowest BCUT2D eigenvalue weighted by Crippen LogP contribution is -2.56. The smallest absolute Gasteiger partial charge is 0.243 e. The van der Waals surface area contributed by atoms with E-state index in [0.29, 0.717) is 17.2 Å². The number of pyridine rings is 1. The Bertz CT molecular complexity index is 914. The third kappa shape index (κ3) is 3.43. The molecular formula is C17H17N3O4S. The van der Waals surface area contributed by atoms with E-state index in [1.54, 1.807) is 38.3 Å². The maximum absolute atomic E-state index is 12.6. The summed E-state index contributed by atoms with van der Waals surface area (Å²) in [5.41, 5.74) is 1.21. The molecule has 8 heteroatoms. The van der Waals surface area contributed by atoms with Crippen LogP contribution in [0.5, 0.6) is 11.6 Å². The SMILES string of the molecule is COc1ccc(S(=O)(=O)N2CC(Oc3ccc(C#N)cn3)C2)cc1C. The van der Waals surface area contributed by atoms with Gasteiger partial charge in [-0.15, -0.1) is 0 Å². The molecule has 2 heterocycles. The molecule has 0 aliphatic carbocycles. The lowest BCUT2D eigenvalue weighted by molar-refractivity contribution is 0.0721. The van der Waals surface area contributed by atoms with Gasteiger partial charge in [0, 0.05) is 12.3 Å². The summed E-state index contributed by atoms with van der Waals surface area (Å²) < 4.78 is 37.4. The number of rotatable bonds is 5. The van der Waals surface area contributed by atoms with Crippen molar-refractivity contribution in [2.75, 3.05) is 20.2 Å². The third-order valence-electron chi connectivity index (χ3n) is 3.97. The van der Waals surface area contributed by atoms with Crippen molar-refractivity contribution in [3.63, 3.8) is 0 Å². The van der Waals surface area contributed by atoms with E-state index in [1.807, 2.05) is 6.07 Å².